The lowest BCUT2D eigenvalue weighted by Crippen LogP contribution is -2.53. The zero-order chi connectivity index (χ0) is 21.8. The summed E-state index contributed by atoms with van der Waals surface area (Å²) in [6.45, 7) is 6.93. The molecule has 166 valence electrons. The molecule has 0 aliphatic rings. The minimum absolute atomic E-state index is 0.130. The van der Waals surface area contributed by atoms with Crippen LogP contribution in [0, 0.1) is 20.2 Å². The maximum Gasteiger partial charge on any atom is 0.218 e. The number of unbranched alkanes of at least 4 members (excludes halogenated alkanes) is 8. The minimum Gasteiger partial charge on any atom is -0.330 e. The van der Waals surface area contributed by atoms with E-state index in [-0.39, 0.29) is 22.7 Å². The van der Waals surface area contributed by atoms with E-state index in [2.05, 4.69) is 0 Å². The van der Waals surface area contributed by atoms with Gasteiger partial charge >= 0.3 is 0 Å². The molecule has 8 nitrogen and oxygen atoms in total. The minimum atomic E-state index is -1.20. The van der Waals surface area contributed by atoms with Gasteiger partial charge in [-0.05, 0) is 19.4 Å². The van der Waals surface area contributed by atoms with E-state index in [1.807, 2.05) is 0 Å². The van der Waals surface area contributed by atoms with E-state index in [1.165, 1.54) is 32.1 Å². The maximum absolute atomic E-state index is 11.3. The van der Waals surface area contributed by atoms with E-state index in [0.717, 1.165) is 32.2 Å². The average molecular weight is 403 g/mol. The lowest BCUT2D eigenvalue weighted by atomic mass is 9.74. The number of rotatable bonds is 17. The number of hydrogen-bond acceptors (Lipinski definition) is 6. The van der Waals surface area contributed by atoms with Gasteiger partial charge in [-0.15, -0.1) is 0 Å². The lowest BCUT2D eigenvalue weighted by molar-refractivity contribution is -0.570. The highest BCUT2D eigenvalue weighted by molar-refractivity contribution is 4.94. The molecule has 0 aromatic rings. The SMILES string of the molecule is CC(C)(CC(N)(CCCCCCCCCCCN)CC(C)(C)[N+](=O)[O-])[N+](=O)[O-]. The first-order valence-corrected chi connectivity index (χ1v) is 10.6. The van der Waals surface area contributed by atoms with Crippen LogP contribution in [0.3, 0.4) is 0 Å². The second kappa shape index (κ2) is 12.3. The molecular formula is C20H42N4O4. The Bertz CT molecular complexity index is 453. The molecule has 0 saturated heterocycles. The summed E-state index contributed by atoms with van der Waals surface area (Å²) in [6.07, 6.45) is 10.9. The Kier molecular flexibility index (Phi) is 11.8. The summed E-state index contributed by atoms with van der Waals surface area (Å²) in [5, 5.41) is 22.7. The van der Waals surface area contributed by atoms with Gasteiger partial charge in [0, 0.05) is 55.9 Å². The fourth-order valence-corrected chi connectivity index (χ4v) is 3.95. The van der Waals surface area contributed by atoms with Crippen molar-refractivity contribution in [2.45, 2.75) is 121 Å². The Labute approximate surface area is 170 Å². The third kappa shape index (κ3) is 10.9. The van der Waals surface area contributed by atoms with Crippen LogP contribution in [0.4, 0.5) is 0 Å². The highest BCUT2D eigenvalue weighted by Crippen LogP contribution is 2.33. The fraction of sp³-hybridized carbons (Fsp3) is 1.00. The number of nitrogens with two attached hydrogens (primary N) is 2. The second-order valence-corrected chi connectivity index (χ2v) is 9.58. The molecule has 0 unspecified atom stereocenters. The molecule has 0 aromatic carbocycles. The zero-order valence-corrected chi connectivity index (χ0v) is 18.4. The summed E-state index contributed by atoms with van der Waals surface area (Å²) in [5.74, 6) is 0. The largest absolute Gasteiger partial charge is 0.330 e. The van der Waals surface area contributed by atoms with E-state index >= 15 is 0 Å². The molecule has 0 bridgehead atoms. The second-order valence-electron chi connectivity index (χ2n) is 9.58. The van der Waals surface area contributed by atoms with E-state index in [4.69, 9.17) is 11.5 Å². The zero-order valence-electron chi connectivity index (χ0n) is 18.4. The highest BCUT2D eigenvalue weighted by Gasteiger charge is 2.46. The van der Waals surface area contributed by atoms with Crippen molar-refractivity contribution in [3.63, 3.8) is 0 Å². The van der Waals surface area contributed by atoms with Gasteiger partial charge in [0.2, 0.25) is 11.1 Å². The lowest BCUT2D eigenvalue weighted by Gasteiger charge is -2.36. The van der Waals surface area contributed by atoms with Crippen molar-refractivity contribution in [1.82, 2.24) is 0 Å². The van der Waals surface area contributed by atoms with Gasteiger partial charge in [-0.25, -0.2) is 0 Å². The van der Waals surface area contributed by atoms with Crippen molar-refractivity contribution in [3.05, 3.63) is 20.2 Å². The van der Waals surface area contributed by atoms with Gasteiger partial charge in [0.15, 0.2) is 0 Å². The summed E-state index contributed by atoms with van der Waals surface area (Å²) in [6, 6.07) is 0. The van der Waals surface area contributed by atoms with E-state index in [0.29, 0.717) is 6.42 Å². The van der Waals surface area contributed by atoms with Gasteiger partial charge in [0.1, 0.15) is 0 Å². The van der Waals surface area contributed by atoms with Crippen LogP contribution in [-0.4, -0.2) is 33.0 Å². The summed E-state index contributed by atoms with van der Waals surface area (Å²) in [4.78, 5) is 22.0. The van der Waals surface area contributed by atoms with Crippen LogP contribution < -0.4 is 11.5 Å². The molecular weight excluding hydrogens is 360 g/mol. The van der Waals surface area contributed by atoms with Gasteiger partial charge < -0.3 is 11.5 Å². The van der Waals surface area contributed by atoms with Crippen molar-refractivity contribution >= 4 is 0 Å². The number of nitrogens with zero attached hydrogens (tertiary/aromatic N) is 2. The summed E-state index contributed by atoms with van der Waals surface area (Å²) in [5.41, 5.74) is 8.69. The molecule has 0 atom stereocenters. The Hall–Kier alpha value is -1.28. The van der Waals surface area contributed by atoms with Gasteiger partial charge in [0.05, 0.1) is 0 Å². The first-order valence-electron chi connectivity index (χ1n) is 10.6. The topological polar surface area (TPSA) is 138 Å². The van der Waals surface area contributed by atoms with Crippen LogP contribution in [-0.2, 0) is 0 Å². The number of hydrogen-bond donors (Lipinski definition) is 2. The average Bonchev–Trinajstić information content (AvgIpc) is 2.55. The van der Waals surface area contributed by atoms with Crippen molar-refractivity contribution in [1.29, 1.82) is 0 Å². The molecule has 0 fully saturated rings. The van der Waals surface area contributed by atoms with Crippen molar-refractivity contribution in [2.24, 2.45) is 11.5 Å². The van der Waals surface area contributed by atoms with E-state index < -0.39 is 16.6 Å². The third-order valence-corrected chi connectivity index (χ3v) is 5.44. The highest BCUT2D eigenvalue weighted by atomic mass is 16.6. The molecule has 0 amide bonds. The summed E-state index contributed by atoms with van der Waals surface area (Å²) < 4.78 is 0. The normalized spacial score (nSPS) is 12.9. The molecule has 0 aromatic heterocycles. The predicted octanol–water partition coefficient (Wildman–Crippen LogP) is 4.43. The van der Waals surface area contributed by atoms with Gasteiger partial charge in [0.25, 0.3) is 0 Å². The molecule has 8 heteroatoms. The molecule has 0 heterocycles. The monoisotopic (exact) mass is 402 g/mol. The molecule has 28 heavy (non-hydrogen) atoms. The van der Waals surface area contributed by atoms with Crippen LogP contribution in [0.15, 0.2) is 0 Å². The summed E-state index contributed by atoms with van der Waals surface area (Å²) >= 11 is 0. The standard InChI is InChI=1S/C20H42N4O4/c1-18(2,23(25)26)16-20(22,17-19(3,4)24(27)28)14-12-10-8-6-5-7-9-11-13-15-21/h5-17,21-22H2,1-4H3. The molecule has 0 spiro atoms. The molecule has 0 radical (unpaired) electrons. The van der Waals surface area contributed by atoms with Crippen molar-refractivity contribution < 1.29 is 9.85 Å². The Morgan fingerprint density at radius 3 is 1.32 bits per heavy atom. The van der Waals surface area contributed by atoms with Crippen LogP contribution in [0.5, 0.6) is 0 Å². The first-order chi connectivity index (χ1) is 12.9. The van der Waals surface area contributed by atoms with E-state index in [1.54, 1.807) is 27.7 Å². The number of nitro groups is 2. The first kappa shape index (κ1) is 26.7. The molecule has 4 N–H and O–H groups in total. The van der Waals surface area contributed by atoms with Crippen LogP contribution in [0.2, 0.25) is 0 Å². The van der Waals surface area contributed by atoms with Crippen molar-refractivity contribution in [2.75, 3.05) is 6.54 Å². The Balaban J connectivity index is 4.55. The van der Waals surface area contributed by atoms with E-state index in [9.17, 15) is 20.2 Å². The quantitative estimate of drug-likeness (QED) is 0.209. The summed E-state index contributed by atoms with van der Waals surface area (Å²) in [7, 11) is 0. The molecule has 0 rings (SSSR count). The fourth-order valence-electron chi connectivity index (χ4n) is 3.95. The van der Waals surface area contributed by atoms with Crippen LogP contribution in [0.25, 0.3) is 0 Å². The van der Waals surface area contributed by atoms with Gasteiger partial charge in [-0.1, -0.05) is 51.4 Å². The Morgan fingerprint density at radius 2 is 1.00 bits per heavy atom. The van der Waals surface area contributed by atoms with Gasteiger partial charge in [-0.3, -0.25) is 20.2 Å². The smallest absolute Gasteiger partial charge is 0.218 e. The van der Waals surface area contributed by atoms with Crippen LogP contribution in [0.1, 0.15) is 105 Å². The Morgan fingerprint density at radius 1 is 0.679 bits per heavy atom. The van der Waals surface area contributed by atoms with Crippen LogP contribution >= 0.6 is 0 Å². The molecule has 0 aliphatic heterocycles. The van der Waals surface area contributed by atoms with Gasteiger partial charge in [-0.2, -0.15) is 0 Å². The molecule has 0 saturated carbocycles. The van der Waals surface area contributed by atoms with Crippen molar-refractivity contribution in [3.8, 4) is 0 Å². The maximum atomic E-state index is 11.3. The molecule has 0 aliphatic carbocycles. The predicted molar refractivity (Wildman–Crippen MR) is 114 cm³/mol. The third-order valence-electron chi connectivity index (χ3n) is 5.44.